The number of benzene rings is 1. The van der Waals surface area contributed by atoms with Crippen LogP contribution in [0, 0.1) is 0 Å². The summed E-state index contributed by atoms with van der Waals surface area (Å²) in [6.07, 6.45) is 6.78. The number of hydrogen-bond acceptors (Lipinski definition) is 8. The molecule has 5 aromatic rings. The van der Waals surface area contributed by atoms with Crippen LogP contribution in [0.25, 0.3) is 22.5 Å². The summed E-state index contributed by atoms with van der Waals surface area (Å²) in [6.45, 7) is 7.40. The molecule has 13 nitrogen and oxygen atoms in total. The maximum absolute atomic E-state index is 13.6. The van der Waals surface area contributed by atoms with E-state index >= 15 is 0 Å². The lowest BCUT2D eigenvalue weighted by Crippen LogP contribution is -2.41. The molecule has 1 aromatic carbocycles. The smallest absolute Gasteiger partial charge is 0.410 e. The minimum atomic E-state index is -0.545. The largest absolute Gasteiger partial charge is 0.444 e. The SMILES string of the molecule is CC(C)(C)OC(=O)N1CCC(c2cc(-c3ccc(NC(=O)c4c5n(n(-c6ccccn6)c4=O)CCCC5)cc3)c3c(N)ncnn23)CC1. The number of anilines is 2. The molecule has 0 radical (unpaired) electrons. The summed E-state index contributed by atoms with van der Waals surface area (Å²) < 4.78 is 10.8. The van der Waals surface area contributed by atoms with Gasteiger partial charge in [-0.05, 0) is 88.8 Å². The van der Waals surface area contributed by atoms with Gasteiger partial charge in [-0.25, -0.2) is 19.3 Å². The number of nitrogens with zero attached hydrogens (tertiary/aromatic N) is 7. The average Bonchev–Trinajstić information content (AvgIpc) is 3.61. The first kappa shape index (κ1) is 31.2. The molecule has 0 atom stereocenters. The third-order valence-corrected chi connectivity index (χ3v) is 9.00. The number of carbonyl (C=O) groups excluding carboxylic acids is 2. The number of hydrogen-bond donors (Lipinski definition) is 2. The van der Waals surface area contributed by atoms with E-state index in [1.54, 1.807) is 23.2 Å². The highest BCUT2D eigenvalue weighted by molar-refractivity contribution is 6.05. The lowest BCUT2D eigenvalue weighted by molar-refractivity contribution is 0.0203. The summed E-state index contributed by atoms with van der Waals surface area (Å²) in [7, 11) is 0. The van der Waals surface area contributed by atoms with Gasteiger partial charge in [0.1, 0.15) is 23.0 Å². The van der Waals surface area contributed by atoms with Crippen LogP contribution in [-0.2, 0) is 17.7 Å². The first-order valence-corrected chi connectivity index (χ1v) is 16.4. The molecule has 13 heteroatoms. The van der Waals surface area contributed by atoms with Gasteiger partial charge >= 0.3 is 6.09 Å². The molecule has 1 saturated heterocycles. The first-order valence-electron chi connectivity index (χ1n) is 16.4. The predicted molar refractivity (Wildman–Crippen MR) is 181 cm³/mol. The molecule has 0 saturated carbocycles. The summed E-state index contributed by atoms with van der Waals surface area (Å²) in [5.41, 5.74) is 10.4. The number of nitrogen functional groups attached to an aromatic ring is 1. The normalized spacial score (nSPS) is 15.4. The van der Waals surface area contributed by atoms with Crippen LogP contribution in [-0.4, -0.2) is 64.5 Å². The Morgan fingerprint density at radius 2 is 1.77 bits per heavy atom. The summed E-state index contributed by atoms with van der Waals surface area (Å²) >= 11 is 0. The Kier molecular flexibility index (Phi) is 7.98. The van der Waals surface area contributed by atoms with Crippen molar-refractivity contribution >= 4 is 29.0 Å². The quantitative estimate of drug-likeness (QED) is 0.269. The van der Waals surface area contributed by atoms with Crippen molar-refractivity contribution in [3.05, 3.63) is 88.4 Å². The maximum Gasteiger partial charge on any atom is 0.410 e. The zero-order valence-electron chi connectivity index (χ0n) is 27.3. The van der Waals surface area contributed by atoms with Crippen molar-refractivity contribution in [2.75, 3.05) is 24.1 Å². The molecule has 248 valence electrons. The summed E-state index contributed by atoms with van der Waals surface area (Å²) in [4.78, 5) is 50.2. The molecule has 1 fully saturated rings. The highest BCUT2D eigenvalue weighted by Crippen LogP contribution is 2.37. The number of ether oxygens (including phenoxy) is 1. The molecular formula is C35H39N9O4. The zero-order valence-corrected chi connectivity index (χ0v) is 27.3. The number of rotatable bonds is 5. The molecule has 4 aromatic heterocycles. The van der Waals surface area contributed by atoms with Gasteiger partial charge in [0, 0.05) is 48.7 Å². The topological polar surface area (TPSA) is 155 Å². The van der Waals surface area contributed by atoms with Gasteiger partial charge in [-0.3, -0.25) is 14.3 Å². The number of piperidine rings is 1. The van der Waals surface area contributed by atoms with Crippen molar-refractivity contribution in [2.45, 2.75) is 70.9 Å². The molecule has 0 aliphatic carbocycles. The van der Waals surface area contributed by atoms with Crippen LogP contribution in [0.3, 0.4) is 0 Å². The van der Waals surface area contributed by atoms with Crippen molar-refractivity contribution in [2.24, 2.45) is 0 Å². The number of nitrogens with two attached hydrogens (primary N) is 1. The Labute approximate surface area is 277 Å². The highest BCUT2D eigenvalue weighted by atomic mass is 16.6. The molecule has 0 unspecified atom stereocenters. The number of pyridine rings is 1. The van der Waals surface area contributed by atoms with Gasteiger partial charge in [-0.1, -0.05) is 18.2 Å². The zero-order chi connectivity index (χ0) is 33.6. The summed E-state index contributed by atoms with van der Waals surface area (Å²) in [5.74, 6) is 0.559. The van der Waals surface area contributed by atoms with Crippen molar-refractivity contribution in [3.8, 4) is 16.9 Å². The first-order chi connectivity index (χ1) is 23.1. The summed E-state index contributed by atoms with van der Waals surface area (Å²) in [6, 6.07) is 14.9. The van der Waals surface area contributed by atoms with E-state index in [2.05, 4.69) is 26.4 Å². The van der Waals surface area contributed by atoms with Crippen molar-refractivity contribution in [1.29, 1.82) is 0 Å². The van der Waals surface area contributed by atoms with Crippen molar-refractivity contribution in [1.82, 2.24) is 33.8 Å². The standard InChI is InChI=1S/C35H39N9O4/c1-35(2,3)48-34(47)41-18-14-23(15-19-41)27-20-25(30-31(36)38-21-39-43(27)30)22-10-12-24(13-11-22)40-32(45)29-26-8-5-7-17-42(26)44(33(29)46)28-9-4-6-16-37-28/h4,6,9-13,16,20-21,23H,5,7-8,14-15,17-19H2,1-3H3,(H,40,45)(H2,36,38,39). The van der Waals surface area contributed by atoms with Gasteiger partial charge in [0.15, 0.2) is 11.6 Å². The van der Waals surface area contributed by atoms with Gasteiger partial charge in [-0.2, -0.15) is 9.78 Å². The second kappa shape index (κ2) is 12.3. The highest BCUT2D eigenvalue weighted by Gasteiger charge is 2.31. The fourth-order valence-electron chi connectivity index (χ4n) is 6.78. The molecule has 6 heterocycles. The number of aromatic nitrogens is 6. The Morgan fingerprint density at radius 1 is 1.00 bits per heavy atom. The molecule has 2 aliphatic heterocycles. The van der Waals surface area contributed by atoms with Gasteiger partial charge in [0.2, 0.25) is 0 Å². The van der Waals surface area contributed by atoms with E-state index < -0.39 is 11.5 Å². The van der Waals surface area contributed by atoms with E-state index in [0.717, 1.165) is 48.2 Å². The summed E-state index contributed by atoms with van der Waals surface area (Å²) in [5, 5.41) is 7.49. The Balaban J connectivity index is 1.13. The van der Waals surface area contributed by atoms with Gasteiger partial charge in [-0.15, -0.1) is 0 Å². The minimum Gasteiger partial charge on any atom is -0.444 e. The minimum absolute atomic E-state index is 0.148. The van der Waals surface area contributed by atoms with Crippen LogP contribution >= 0.6 is 0 Å². The van der Waals surface area contributed by atoms with Crippen LogP contribution in [0.2, 0.25) is 0 Å². The van der Waals surface area contributed by atoms with Crippen molar-refractivity contribution < 1.29 is 14.3 Å². The maximum atomic E-state index is 13.6. The van der Waals surface area contributed by atoms with Crippen molar-refractivity contribution in [3.63, 3.8) is 0 Å². The van der Waals surface area contributed by atoms with Crippen LogP contribution in [0.1, 0.15) is 74.1 Å². The average molecular weight is 650 g/mol. The number of nitrogens with one attached hydrogen (secondary N) is 1. The molecule has 2 aliphatic rings. The predicted octanol–water partition coefficient (Wildman–Crippen LogP) is 5.03. The van der Waals surface area contributed by atoms with Crippen LogP contribution < -0.4 is 16.6 Å². The van der Waals surface area contributed by atoms with E-state index in [-0.39, 0.29) is 23.1 Å². The molecule has 48 heavy (non-hydrogen) atoms. The van der Waals surface area contributed by atoms with Gasteiger partial charge in [0.25, 0.3) is 11.5 Å². The Bertz CT molecular complexity index is 2050. The third-order valence-electron chi connectivity index (χ3n) is 9.00. The Hall–Kier alpha value is -5.46. The molecule has 0 spiro atoms. The molecule has 2 amide bonds. The van der Waals surface area contributed by atoms with Crippen LogP contribution in [0.15, 0.2) is 65.8 Å². The lowest BCUT2D eigenvalue weighted by Gasteiger charge is -2.33. The van der Waals surface area contributed by atoms with E-state index in [0.29, 0.717) is 48.9 Å². The number of amides is 2. The fourth-order valence-corrected chi connectivity index (χ4v) is 6.78. The van der Waals surface area contributed by atoms with E-state index in [1.807, 2.05) is 60.3 Å². The molecule has 7 rings (SSSR count). The second-order valence-electron chi connectivity index (χ2n) is 13.4. The van der Waals surface area contributed by atoms with Crippen LogP contribution in [0.5, 0.6) is 0 Å². The number of fused-ring (bicyclic) bond motifs is 2. The van der Waals surface area contributed by atoms with Gasteiger partial charge < -0.3 is 20.7 Å². The van der Waals surface area contributed by atoms with E-state index in [4.69, 9.17) is 10.5 Å². The third kappa shape index (κ3) is 5.80. The molecule has 3 N–H and O–H groups in total. The number of likely N-dealkylation sites (tertiary alicyclic amines) is 1. The van der Waals surface area contributed by atoms with E-state index in [9.17, 15) is 14.4 Å². The molecule has 0 bridgehead atoms. The number of carbonyl (C=O) groups is 2. The lowest BCUT2D eigenvalue weighted by atomic mass is 9.93. The second-order valence-corrected chi connectivity index (χ2v) is 13.4. The van der Waals surface area contributed by atoms with Crippen LogP contribution in [0.4, 0.5) is 16.3 Å². The molecular weight excluding hydrogens is 610 g/mol. The van der Waals surface area contributed by atoms with Gasteiger partial charge in [0.05, 0.1) is 5.69 Å². The van der Waals surface area contributed by atoms with E-state index in [1.165, 1.54) is 11.0 Å². The monoisotopic (exact) mass is 649 g/mol. The Morgan fingerprint density at radius 3 is 2.48 bits per heavy atom. The fraction of sp³-hybridized carbons (Fsp3) is 0.371.